The van der Waals surface area contributed by atoms with Crippen molar-refractivity contribution < 1.29 is 0 Å². The van der Waals surface area contributed by atoms with Crippen molar-refractivity contribution in [2.24, 2.45) is 5.73 Å². The molecule has 0 aliphatic heterocycles. The van der Waals surface area contributed by atoms with E-state index in [0.717, 1.165) is 17.9 Å². The molecule has 2 unspecified atom stereocenters. The summed E-state index contributed by atoms with van der Waals surface area (Å²) in [6, 6.07) is 8.59. The van der Waals surface area contributed by atoms with E-state index in [1.54, 1.807) is 0 Å². The molecule has 2 nitrogen and oxygen atoms in total. The third kappa shape index (κ3) is 4.20. The third-order valence-corrected chi connectivity index (χ3v) is 2.78. The molecule has 3 N–H and O–H groups in total. The van der Waals surface area contributed by atoms with Crippen molar-refractivity contribution in [2.45, 2.75) is 31.8 Å². The van der Waals surface area contributed by atoms with Crippen LogP contribution in [0.3, 0.4) is 0 Å². The molecule has 84 valence electrons. The van der Waals surface area contributed by atoms with Gasteiger partial charge in [-0.2, -0.15) is 0 Å². The summed E-state index contributed by atoms with van der Waals surface area (Å²) in [5, 5.41) is 4.07. The lowest BCUT2D eigenvalue weighted by Gasteiger charge is -2.17. The zero-order valence-corrected chi connectivity index (χ0v) is 10.1. The number of benzene rings is 1. The normalized spacial score (nSPS) is 14.9. The summed E-state index contributed by atoms with van der Waals surface area (Å²) in [5.74, 6) is 0. The van der Waals surface area contributed by atoms with E-state index in [9.17, 15) is 0 Å². The molecule has 1 aromatic rings. The first-order valence-corrected chi connectivity index (χ1v) is 5.69. The molecule has 0 amide bonds. The molecule has 0 bridgehead atoms. The van der Waals surface area contributed by atoms with Crippen molar-refractivity contribution in [3.63, 3.8) is 0 Å². The average molecular weight is 227 g/mol. The predicted molar refractivity (Wildman–Crippen MR) is 66.1 cm³/mol. The first kappa shape index (κ1) is 12.5. The van der Waals surface area contributed by atoms with Gasteiger partial charge in [0.05, 0.1) is 0 Å². The van der Waals surface area contributed by atoms with Gasteiger partial charge in [-0.1, -0.05) is 23.7 Å². The smallest absolute Gasteiger partial charge is 0.0406 e. The fourth-order valence-corrected chi connectivity index (χ4v) is 1.73. The molecule has 15 heavy (non-hydrogen) atoms. The maximum atomic E-state index is 5.85. The molecule has 1 rings (SSSR count). The van der Waals surface area contributed by atoms with Crippen LogP contribution in [-0.2, 0) is 0 Å². The van der Waals surface area contributed by atoms with Crippen LogP contribution in [0, 0.1) is 0 Å². The van der Waals surface area contributed by atoms with Crippen molar-refractivity contribution in [1.29, 1.82) is 0 Å². The van der Waals surface area contributed by atoms with Gasteiger partial charge >= 0.3 is 0 Å². The first-order chi connectivity index (χ1) is 7.13. The highest BCUT2D eigenvalue weighted by atomic mass is 35.5. The number of hydrogen-bond acceptors (Lipinski definition) is 2. The quantitative estimate of drug-likeness (QED) is 0.810. The molecule has 0 aliphatic carbocycles. The topological polar surface area (TPSA) is 38.0 Å². The number of rotatable bonds is 5. The van der Waals surface area contributed by atoms with Crippen molar-refractivity contribution in [1.82, 2.24) is 5.32 Å². The summed E-state index contributed by atoms with van der Waals surface area (Å²) < 4.78 is 0. The van der Waals surface area contributed by atoms with Gasteiger partial charge in [-0.05, 0) is 44.5 Å². The summed E-state index contributed by atoms with van der Waals surface area (Å²) in [6.45, 7) is 2.04. The first-order valence-electron chi connectivity index (χ1n) is 5.31. The van der Waals surface area contributed by atoms with Crippen LogP contribution in [0.25, 0.3) is 0 Å². The Bertz CT molecular complexity index is 282. The second-order valence-corrected chi connectivity index (χ2v) is 4.38. The number of nitrogens with two attached hydrogens (primary N) is 1. The minimum absolute atomic E-state index is 0.258. The van der Waals surface area contributed by atoms with Crippen LogP contribution >= 0.6 is 11.6 Å². The monoisotopic (exact) mass is 226 g/mol. The van der Waals surface area contributed by atoms with Crippen molar-refractivity contribution in [3.05, 3.63) is 34.9 Å². The summed E-state index contributed by atoms with van der Waals surface area (Å²) in [6.07, 6.45) is 2.07. The Morgan fingerprint density at radius 2 is 1.87 bits per heavy atom. The second kappa shape index (κ2) is 6.11. The molecule has 0 heterocycles. The van der Waals surface area contributed by atoms with Crippen LogP contribution in [0.2, 0.25) is 5.02 Å². The van der Waals surface area contributed by atoms with E-state index < -0.39 is 0 Å². The molecule has 0 radical (unpaired) electrons. The molecule has 0 saturated carbocycles. The minimum Gasteiger partial charge on any atom is -0.328 e. The van der Waals surface area contributed by atoms with E-state index in [2.05, 4.69) is 17.4 Å². The average Bonchev–Trinajstić information content (AvgIpc) is 2.21. The van der Waals surface area contributed by atoms with E-state index in [1.165, 1.54) is 5.56 Å². The Kier molecular flexibility index (Phi) is 5.09. The Morgan fingerprint density at radius 1 is 1.27 bits per heavy atom. The van der Waals surface area contributed by atoms with Gasteiger partial charge < -0.3 is 11.1 Å². The summed E-state index contributed by atoms with van der Waals surface area (Å²) in [7, 11) is 1.97. The molecule has 0 fully saturated rings. The number of hydrogen-bond donors (Lipinski definition) is 2. The molecular weight excluding hydrogens is 208 g/mol. The maximum absolute atomic E-state index is 5.85. The van der Waals surface area contributed by atoms with Gasteiger partial charge in [0.15, 0.2) is 0 Å². The molecular formula is C12H19ClN2. The second-order valence-electron chi connectivity index (χ2n) is 3.95. The Morgan fingerprint density at radius 3 is 2.33 bits per heavy atom. The summed E-state index contributed by atoms with van der Waals surface area (Å²) in [5.41, 5.74) is 7.01. The predicted octanol–water partition coefficient (Wildman–Crippen LogP) is 2.73. The fraction of sp³-hybridized carbons (Fsp3) is 0.500. The van der Waals surface area contributed by atoms with Crippen molar-refractivity contribution in [2.75, 3.05) is 7.05 Å². The van der Waals surface area contributed by atoms with Gasteiger partial charge in [0.2, 0.25) is 0 Å². The lowest BCUT2D eigenvalue weighted by Crippen LogP contribution is -2.21. The van der Waals surface area contributed by atoms with Gasteiger partial charge in [-0.15, -0.1) is 0 Å². The van der Waals surface area contributed by atoms with E-state index >= 15 is 0 Å². The Balaban J connectivity index is 2.61. The van der Waals surface area contributed by atoms with Gasteiger partial charge in [-0.25, -0.2) is 0 Å². The maximum Gasteiger partial charge on any atom is 0.0406 e. The van der Waals surface area contributed by atoms with E-state index in [1.807, 2.05) is 26.1 Å². The third-order valence-electron chi connectivity index (χ3n) is 2.53. The molecule has 0 spiro atoms. The summed E-state index contributed by atoms with van der Waals surface area (Å²) >= 11 is 5.85. The van der Waals surface area contributed by atoms with E-state index in [4.69, 9.17) is 17.3 Å². The standard InChI is InChI=1S/C12H19ClN2/c1-9(14)3-8-12(15-2)10-4-6-11(13)7-5-10/h4-7,9,12,15H,3,8,14H2,1-2H3. The van der Waals surface area contributed by atoms with Gasteiger partial charge in [-0.3, -0.25) is 0 Å². The van der Waals surface area contributed by atoms with Crippen LogP contribution in [0.1, 0.15) is 31.4 Å². The van der Waals surface area contributed by atoms with Crippen LogP contribution in [-0.4, -0.2) is 13.1 Å². The molecule has 2 atom stereocenters. The minimum atomic E-state index is 0.258. The van der Waals surface area contributed by atoms with E-state index in [0.29, 0.717) is 6.04 Å². The fourth-order valence-electron chi connectivity index (χ4n) is 1.60. The Labute approximate surface area is 96.8 Å². The molecule has 3 heteroatoms. The molecule has 1 aromatic carbocycles. The van der Waals surface area contributed by atoms with Gasteiger partial charge in [0.1, 0.15) is 0 Å². The molecule has 0 saturated heterocycles. The lowest BCUT2D eigenvalue weighted by atomic mass is 10.0. The Hall–Kier alpha value is -0.570. The van der Waals surface area contributed by atoms with Gasteiger partial charge in [0.25, 0.3) is 0 Å². The van der Waals surface area contributed by atoms with Crippen LogP contribution in [0.5, 0.6) is 0 Å². The SMILES string of the molecule is CNC(CCC(C)N)c1ccc(Cl)cc1. The largest absolute Gasteiger partial charge is 0.328 e. The number of halogens is 1. The van der Waals surface area contributed by atoms with Crippen molar-refractivity contribution in [3.8, 4) is 0 Å². The van der Waals surface area contributed by atoms with Crippen LogP contribution < -0.4 is 11.1 Å². The highest BCUT2D eigenvalue weighted by molar-refractivity contribution is 6.30. The summed E-state index contributed by atoms with van der Waals surface area (Å²) in [4.78, 5) is 0. The van der Waals surface area contributed by atoms with Crippen molar-refractivity contribution >= 4 is 11.6 Å². The zero-order valence-electron chi connectivity index (χ0n) is 9.33. The number of nitrogens with one attached hydrogen (secondary N) is 1. The van der Waals surface area contributed by atoms with Crippen LogP contribution in [0.15, 0.2) is 24.3 Å². The molecule has 0 aliphatic rings. The zero-order chi connectivity index (χ0) is 11.3. The van der Waals surface area contributed by atoms with Gasteiger partial charge in [0, 0.05) is 17.1 Å². The van der Waals surface area contributed by atoms with Crippen LogP contribution in [0.4, 0.5) is 0 Å². The highest BCUT2D eigenvalue weighted by Gasteiger charge is 2.09. The van der Waals surface area contributed by atoms with E-state index in [-0.39, 0.29) is 6.04 Å². The lowest BCUT2D eigenvalue weighted by molar-refractivity contribution is 0.496. The highest BCUT2D eigenvalue weighted by Crippen LogP contribution is 2.20. The molecule has 0 aromatic heterocycles.